The Morgan fingerprint density at radius 3 is 2.52 bits per heavy atom. The van der Waals surface area contributed by atoms with E-state index in [0.717, 1.165) is 65.0 Å². The normalized spacial score (nSPS) is 22.6. The number of fused-ring (bicyclic) bond motifs is 3. The van der Waals surface area contributed by atoms with Gasteiger partial charge in [0.1, 0.15) is 11.4 Å². The van der Waals surface area contributed by atoms with E-state index in [0.29, 0.717) is 11.5 Å². The number of esters is 1. The van der Waals surface area contributed by atoms with Crippen LogP contribution in [-0.4, -0.2) is 34.7 Å². The van der Waals surface area contributed by atoms with Gasteiger partial charge in [-0.2, -0.15) is 0 Å². The molecule has 5 nitrogen and oxygen atoms in total. The molecule has 3 aliphatic heterocycles. The summed E-state index contributed by atoms with van der Waals surface area (Å²) in [5.74, 6) is 1.08. The van der Waals surface area contributed by atoms with E-state index < -0.39 is 5.60 Å². The van der Waals surface area contributed by atoms with Crippen LogP contribution < -0.4 is 4.74 Å². The number of piperidine rings is 2. The number of carbonyl (C=O) groups excluding carboxylic acids is 1. The number of ether oxygens (including phenoxy) is 2. The second-order valence-corrected chi connectivity index (χ2v) is 12.4. The van der Waals surface area contributed by atoms with Gasteiger partial charge in [0.15, 0.2) is 5.72 Å². The Labute approximate surface area is 236 Å². The maximum atomic E-state index is 13.9. The van der Waals surface area contributed by atoms with Gasteiger partial charge in [-0.15, -0.1) is 0 Å². The molecule has 2 fully saturated rings. The van der Waals surface area contributed by atoms with Crippen molar-refractivity contribution < 1.29 is 14.3 Å². The molecule has 2 saturated heterocycles. The molecule has 0 amide bonds. The summed E-state index contributed by atoms with van der Waals surface area (Å²) in [6.45, 7) is 8.15. The summed E-state index contributed by atoms with van der Waals surface area (Å²) in [5, 5.41) is 0.970. The van der Waals surface area contributed by atoms with Crippen LogP contribution in [0.15, 0.2) is 66.7 Å². The van der Waals surface area contributed by atoms with E-state index >= 15 is 0 Å². The molecule has 5 heteroatoms. The molecule has 1 aromatic heterocycles. The first-order valence-electron chi connectivity index (χ1n) is 14.8. The zero-order chi connectivity index (χ0) is 27.5. The van der Waals surface area contributed by atoms with Crippen LogP contribution in [0, 0.1) is 12.8 Å². The van der Waals surface area contributed by atoms with Crippen molar-refractivity contribution in [1.82, 2.24) is 9.88 Å². The zero-order valence-corrected chi connectivity index (χ0v) is 23.8. The molecule has 7 rings (SSSR count). The molecule has 3 aromatic carbocycles. The highest BCUT2D eigenvalue weighted by Crippen LogP contribution is 2.50. The van der Waals surface area contributed by atoms with Crippen LogP contribution in [0.4, 0.5) is 0 Å². The van der Waals surface area contributed by atoms with Gasteiger partial charge < -0.3 is 14.5 Å². The Morgan fingerprint density at radius 2 is 1.73 bits per heavy atom. The number of aromatic nitrogens is 1. The maximum Gasteiger partial charge on any atom is 0.341 e. The van der Waals surface area contributed by atoms with E-state index in [-0.39, 0.29) is 11.7 Å². The van der Waals surface area contributed by atoms with Crippen LogP contribution in [0.1, 0.15) is 73.1 Å². The SMILES string of the molecule is Cc1[nH]c2ccc3c(c2c1C(=O)OC(C)(C)c1ccc(-c2ccccc2)cc1)CC1CCCN2CCCCC12O3. The Kier molecular flexibility index (Phi) is 6.04. The van der Waals surface area contributed by atoms with Crippen LogP contribution in [-0.2, 0) is 16.8 Å². The summed E-state index contributed by atoms with van der Waals surface area (Å²) in [6, 6.07) is 22.8. The van der Waals surface area contributed by atoms with E-state index in [9.17, 15) is 4.79 Å². The lowest BCUT2D eigenvalue weighted by Crippen LogP contribution is -2.64. The third-order valence-electron chi connectivity index (χ3n) is 9.56. The van der Waals surface area contributed by atoms with Gasteiger partial charge in [-0.3, -0.25) is 4.90 Å². The summed E-state index contributed by atoms with van der Waals surface area (Å²) in [4.78, 5) is 20.0. The first kappa shape index (κ1) is 25.4. The fourth-order valence-electron chi connectivity index (χ4n) is 7.50. The number of nitrogens with one attached hydrogen (secondary N) is 1. The highest BCUT2D eigenvalue weighted by Gasteiger charge is 2.52. The molecule has 3 aliphatic rings. The van der Waals surface area contributed by atoms with Crippen LogP contribution in [0.3, 0.4) is 0 Å². The van der Waals surface area contributed by atoms with Crippen molar-refractivity contribution in [3.63, 3.8) is 0 Å². The van der Waals surface area contributed by atoms with Gasteiger partial charge in [0, 0.05) is 47.6 Å². The van der Waals surface area contributed by atoms with Crippen molar-refractivity contribution in [1.29, 1.82) is 0 Å². The second kappa shape index (κ2) is 9.52. The lowest BCUT2D eigenvalue weighted by Gasteiger charge is -2.56. The van der Waals surface area contributed by atoms with Gasteiger partial charge in [-0.1, -0.05) is 54.6 Å². The largest absolute Gasteiger partial charge is 0.472 e. The Morgan fingerprint density at radius 1 is 0.975 bits per heavy atom. The van der Waals surface area contributed by atoms with Gasteiger partial charge >= 0.3 is 5.97 Å². The molecule has 0 saturated carbocycles. The van der Waals surface area contributed by atoms with E-state index in [1.165, 1.54) is 31.2 Å². The number of benzene rings is 3. The molecule has 40 heavy (non-hydrogen) atoms. The van der Waals surface area contributed by atoms with Crippen molar-refractivity contribution in [2.24, 2.45) is 5.92 Å². The number of aryl methyl sites for hydroxylation is 1. The lowest BCUT2D eigenvalue weighted by atomic mass is 9.74. The Bertz CT molecular complexity index is 1570. The molecule has 2 atom stereocenters. The second-order valence-electron chi connectivity index (χ2n) is 12.4. The number of rotatable bonds is 4. The van der Waals surface area contributed by atoms with Crippen LogP contribution >= 0.6 is 0 Å². The van der Waals surface area contributed by atoms with Crippen molar-refractivity contribution in [3.05, 3.63) is 89.1 Å². The van der Waals surface area contributed by atoms with Crippen molar-refractivity contribution in [2.75, 3.05) is 13.1 Å². The van der Waals surface area contributed by atoms with E-state index in [4.69, 9.17) is 9.47 Å². The number of aromatic amines is 1. The molecule has 0 bridgehead atoms. The van der Waals surface area contributed by atoms with Gasteiger partial charge in [0.05, 0.1) is 5.56 Å². The van der Waals surface area contributed by atoms with Crippen molar-refractivity contribution in [2.45, 2.75) is 70.6 Å². The Hall–Kier alpha value is -3.57. The summed E-state index contributed by atoms with van der Waals surface area (Å²) < 4.78 is 13.2. The molecule has 0 aliphatic carbocycles. The van der Waals surface area contributed by atoms with Crippen LogP contribution in [0.2, 0.25) is 0 Å². The fraction of sp³-hybridized carbons (Fsp3) is 0.400. The minimum atomic E-state index is -0.788. The molecule has 2 unspecified atom stereocenters. The van der Waals surface area contributed by atoms with Crippen molar-refractivity contribution >= 4 is 16.9 Å². The van der Waals surface area contributed by atoms with E-state index in [1.807, 2.05) is 39.0 Å². The van der Waals surface area contributed by atoms with Gasteiger partial charge in [-0.25, -0.2) is 4.79 Å². The minimum absolute atomic E-state index is 0.183. The Balaban J connectivity index is 1.21. The molecule has 4 aromatic rings. The average Bonchev–Trinajstić information content (AvgIpc) is 3.32. The third-order valence-corrected chi connectivity index (χ3v) is 9.56. The average molecular weight is 535 g/mol. The summed E-state index contributed by atoms with van der Waals surface area (Å²) in [5.41, 5.74) is 5.91. The number of nitrogens with zero attached hydrogens (tertiary/aromatic N) is 1. The number of carbonyl (C=O) groups is 1. The summed E-state index contributed by atoms with van der Waals surface area (Å²) >= 11 is 0. The lowest BCUT2D eigenvalue weighted by molar-refractivity contribution is -0.177. The van der Waals surface area contributed by atoms with Crippen LogP contribution in [0.5, 0.6) is 5.75 Å². The predicted octanol–water partition coefficient (Wildman–Crippen LogP) is 7.76. The third kappa shape index (κ3) is 4.05. The molecule has 206 valence electrons. The highest BCUT2D eigenvalue weighted by atomic mass is 16.6. The minimum Gasteiger partial charge on any atom is -0.472 e. The monoisotopic (exact) mass is 534 g/mol. The molecule has 4 heterocycles. The number of hydrogen-bond acceptors (Lipinski definition) is 4. The molecule has 1 N–H and O–H groups in total. The smallest absolute Gasteiger partial charge is 0.341 e. The van der Waals surface area contributed by atoms with Crippen LogP contribution in [0.25, 0.3) is 22.0 Å². The van der Waals surface area contributed by atoms with Crippen molar-refractivity contribution in [3.8, 4) is 16.9 Å². The first-order chi connectivity index (χ1) is 19.4. The predicted molar refractivity (Wildman–Crippen MR) is 159 cm³/mol. The van der Waals surface area contributed by atoms with Gasteiger partial charge in [-0.05, 0) is 81.7 Å². The molecule has 1 spiro atoms. The summed E-state index contributed by atoms with van der Waals surface area (Å²) in [6.07, 6.45) is 6.87. The first-order valence-corrected chi connectivity index (χ1v) is 14.8. The topological polar surface area (TPSA) is 54.6 Å². The molecular weight excluding hydrogens is 496 g/mol. The molecule has 0 radical (unpaired) electrons. The summed E-state index contributed by atoms with van der Waals surface area (Å²) in [7, 11) is 0. The number of H-pyrrole nitrogens is 1. The maximum absolute atomic E-state index is 13.9. The quantitative estimate of drug-likeness (QED) is 0.272. The van der Waals surface area contributed by atoms with Gasteiger partial charge in [0.2, 0.25) is 0 Å². The standard InChI is InChI=1S/C35H38N2O3/c1-23-31(33(38)40-34(2,3)26-15-13-25(14-16-26)24-10-5-4-6-11-24)32-28-22-27-12-9-21-37-20-8-7-19-35(27,37)39-30(28)18-17-29(32)36-23/h4-6,10-11,13-18,27,36H,7-9,12,19-22H2,1-3H3. The van der Waals surface area contributed by atoms with Gasteiger partial charge in [0.25, 0.3) is 0 Å². The molecular formula is C35H38N2O3. The van der Waals surface area contributed by atoms with E-state index in [2.05, 4.69) is 58.4 Å². The fourth-order valence-corrected chi connectivity index (χ4v) is 7.50. The highest BCUT2D eigenvalue weighted by molar-refractivity contribution is 6.07. The number of hydrogen-bond donors (Lipinski definition) is 1. The van der Waals surface area contributed by atoms with E-state index in [1.54, 1.807) is 0 Å². The zero-order valence-electron chi connectivity index (χ0n) is 23.8.